The van der Waals surface area contributed by atoms with E-state index in [1.807, 2.05) is 24.3 Å². The third-order valence-electron chi connectivity index (χ3n) is 3.82. The average Bonchev–Trinajstić information content (AvgIpc) is 2.60. The topological polar surface area (TPSA) is 38.8 Å². The molecular formula is C19H20F3NO3. The van der Waals surface area contributed by atoms with Gasteiger partial charge < -0.3 is 14.4 Å². The van der Waals surface area contributed by atoms with E-state index in [2.05, 4.69) is 4.74 Å². The molecule has 2 aromatic rings. The molecule has 26 heavy (non-hydrogen) atoms. The Kier molecular flexibility index (Phi) is 6.49. The molecule has 0 heterocycles. The molecule has 2 aromatic carbocycles. The molecule has 0 spiro atoms. The van der Waals surface area contributed by atoms with Crippen LogP contribution >= 0.6 is 0 Å². The van der Waals surface area contributed by atoms with Gasteiger partial charge in [-0.25, -0.2) is 0 Å². The molecule has 0 unspecified atom stereocenters. The standard InChI is InChI=1S/C19H20F3NO3/c1-23(13-15-5-3-4-6-17(15)26-19(20,21)22)18(24)12-9-14-7-10-16(25-2)11-8-14/h3-8,10-11H,9,12-13H2,1-2H3. The summed E-state index contributed by atoms with van der Waals surface area (Å²) in [5.41, 5.74) is 1.28. The maximum absolute atomic E-state index is 12.5. The van der Waals surface area contributed by atoms with E-state index >= 15 is 0 Å². The minimum atomic E-state index is -4.77. The summed E-state index contributed by atoms with van der Waals surface area (Å²) in [5, 5.41) is 0. The molecule has 2 rings (SSSR count). The second-order valence-corrected chi connectivity index (χ2v) is 5.75. The molecule has 0 N–H and O–H groups in total. The zero-order valence-electron chi connectivity index (χ0n) is 14.5. The second kappa shape index (κ2) is 8.60. The molecule has 0 saturated heterocycles. The molecule has 0 fully saturated rings. The molecule has 7 heteroatoms. The number of para-hydroxylation sites is 1. The Morgan fingerprint density at radius 1 is 1.08 bits per heavy atom. The van der Waals surface area contributed by atoms with Crippen molar-refractivity contribution < 1.29 is 27.4 Å². The first-order chi connectivity index (χ1) is 12.3. The van der Waals surface area contributed by atoms with Crippen molar-refractivity contribution in [1.82, 2.24) is 4.90 Å². The number of amides is 1. The maximum Gasteiger partial charge on any atom is 0.573 e. The van der Waals surface area contributed by atoms with E-state index in [0.717, 1.165) is 11.3 Å². The third-order valence-corrected chi connectivity index (χ3v) is 3.82. The second-order valence-electron chi connectivity index (χ2n) is 5.75. The van der Waals surface area contributed by atoms with E-state index in [0.29, 0.717) is 12.0 Å². The van der Waals surface area contributed by atoms with Gasteiger partial charge in [0, 0.05) is 25.6 Å². The largest absolute Gasteiger partial charge is 0.573 e. The first kappa shape index (κ1) is 19.6. The normalized spacial score (nSPS) is 11.1. The van der Waals surface area contributed by atoms with E-state index in [1.165, 1.54) is 23.1 Å². The Morgan fingerprint density at radius 2 is 1.73 bits per heavy atom. The fraction of sp³-hybridized carbons (Fsp3) is 0.316. The highest BCUT2D eigenvalue weighted by atomic mass is 19.4. The van der Waals surface area contributed by atoms with Crippen LogP contribution in [0.4, 0.5) is 13.2 Å². The highest BCUT2D eigenvalue weighted by molar-refractivity contribution is 5.76. The van der Waals surface area contributed by atoms with Gasteiger partial charge in [0.2, 0.25) is 5.91 Å². The predicted molar refractivity (Wildman–Crippen MR) is 90.9 cm³/mol. The molecule has 0 atom stereocenters. The van der Waals surface area contributed by atoms with Crippen LogP contribution in [0.25, 0.3) is 0 Å². The molecule has 0 aliphatic carbocycles. The van der Waals surface area contributed by atoms with Gasteiger partial charge in [0.25, 0.3) is 0 Å². The van der Waals surface area contributed by atoms with Crippen LogP contribution < -0.4 is 9.47 Å². The fourth-order valence-corrected chi connectivity index (χ4v) is 2.44. The quantitative estimate of drug-likeness (QED) is 0.737. The van der Waals surface area contributed by atoms with E-state index in [1.54, 1.807) is 20.2 Å². The minimum absolute atomic E-state index is 0.0354. The average molecular weight is 367 g/mol. The van der Waals surface area contributed by atoms with Crippen molar-refractivity contribution in [2.24, 2.45) is 0 Å². The number of hydrogen-bond donors (Lipinski definition) is 0. The first-order valence-electron chi connectivity index (χ1n) is 7.99. The zero-order valence-corrected chi connectivity index (χ0v) is 14.5. The lowest BCUT2D eigenvalue weighted by atomic mass is 10.1. The van der Waals surface area contributed by atoms with Gasteiger partial charge in [-0.15, -0.1) is 13.2 Å². The number of methoxy groups -OCH3 is 1. The fourth-order valence-electron chi connectivity index (χ4n) is 2.44. The van der Waals surface area contributed by atoms with Crippen LogP contribution in [-0.2, 0) is 17.8 Å². The van der Waals surface area contributed by atoms with E-state index in [9.17, 15) is 18.0 Å². The summed E-state index contributed by atoms with van der Waals surface area (Å²) in [4.78, 5) is 13.7. The van der Waals surface area contributed by atoms with Gasteiger partial charge in [0.05, 0.1) is 7.11 Å². The summed E-state index contributed by atoms with van der Waals surface area (Å²) >= 11 is 0. The smallest absolute Gasteiger partial charge is 0.497 e. The Hall–Kier alpha value is -2.70. The molecule has 4 nitrogen and oxygen atoms in total. The van der Waals surface area contributed by atoms with Crippen molar-refractivity contribution in [3.63, 3.8) is 0 Å². The molecule has 0 aromatic heterocycles. The van der Waals surface area contributed by atoms with Crippen LogP contribution in [0, 0.1) is 0 Å². The van der Waals surface area contributed by atoms with Gasteiger partial charge in [-0.05, 0) is 30.2 Å². The number of aryl methyl sites for hydroxylation is 1. The van der Waals surface area contributed by atoms with E-state index in [4.69, 9.17) is 4.74 Å². The lowest BCUT2D eigenvalue weighted by Gasteiger charge is -2.20. The number of benzene rings is 2. The SMILES string of the molecule is COc1ccc(CCC(=O)N(C)Cc2ccccc2OC(F)(F)F)cc1. The number of hydrogen-bond acceptors (Lipinski definition) is 3. The first-order valence-corrected chi connectivity index (χ1v) is 7.99. The number of alkyl halides is 3. The molecule has 0 aliphatic rings. The number of halogens is 3. The van der Waals surface area contributed by atoms with Gasteiger partial charge in [0.1, 0.15) is 11.5 Å². The molecule has 1 amide bonds. The molecule has 0 bridgehead atoms. The Labute approximate surface area is 150 Å². The highest BCUT2D eigenvalue weighted by Gasteiger charge is 2.32. The van der Waals surface area contributed by atoms with Crippen molar-refractivity contribution in [2.45, 2.75) is 25.7 Å². The summed E-state index contributed by atoms with van der Waals surface area (Å²) in [6.07, 6.45) is -3.98. The molecule has 0 radical (unpaired) electrons. The van der Waals surface area contributed by atoms with Crippen molar-refractivity contribution in [3.8, 4) is 11.5 Å². The summed E-state index contributed by atoms with van der Waals surface area (Å²) < 4.78 is 46.5. The van der Waals surface area contributed by atoms with Crippen LogP contribution in [0.3, 0.4) is 0 Å². The van der Waals surface area contributed by atoms with Crippen LogP contribution in [0.2, 0.25) is 0 Å². The summed E-state index contributed by atoms with van der Waals surface area (Å²) in [6, 6.07) is 13.2. The van der Waals surface area contributed by atoms with Crippen LogP contribution in [0.1, 0.15) is 17.5 Å². The number of rotatable bonds is 7. The molecular weight excluding hydrogens is 347 g/mol. The number of carbonyl (C=O) groups is 1. The lowest BCUT2D eigenvalue weighted by Crippen LogP contribution is -2.27. The van der Waals surface area contributed by atoms with Gasteiger partial charge >= 0.3 is 6.36 Å². The summed E-state index contributed by atoms with van der Waals surface area (Å²) in [5.74, 6) is 0.274. The number of carbonyl (C=O) groups excluding carboxylic acids is 1. The van der Waals surface area contributed by atoms with E-state index in [-0.39, 0.29) is 24.6 Å². The highest BCUT2D eigenvalue weighted by Crippen LogP contribution is 2.27. The van der Waals surface area contributed by atoms with Crippen LogP contribution in [-0.4, -0.2) is 31.3 Å². The molecule has 0 aliphatic heterocycles. The van der Waals surface area contributed by atoms with Crippen LogP contribution in [0.5, 0.6) is 11.5 Å². The predicted octanol–water partition coefficient (Wildman–Crippen LogP) is 4.19. The van der Waals surface area contributed by atoms with Gasteiger partial charge in [-0.2, -0.15) is 0 Å². The van der Waals surface area contributed by atoms with Crippen molar-refractivity contribution >= 4 is 5.91 Å². The van der Waals surface area contributed by atoms with E-state index < -0.39 is 6.36 Å². The molecule has 0 saturated carbocycles. The van der Waals surface area contributed by atoms with Gasteiger partial charge in [-0.3, -0.25) is 4.79 Å². The molecule has 140 valence electrons. The third kappa shape index (κ3) is 5.98. The number of ether oxygens (including phenoxy) is 2. The van der Waals surface area contributed by atoms with Crippen molar-refractivity contribution in [1.29, 1.82) is 0 Å². The Morgan fingerprint density at radius 3 is 2.35 bits per heavy atom. The number of nitrogens with zero attached hydrogens (tertiary/aromatic N) is 1. The minimum Gasteiger partial charge on any atom is -0.497 e. The van der Waals surface area contributed by atoms with Crippen molar-refractivity contribution in [2.75, 3.05) is 14.2 Å². The zero-order chi connectivity index (χ0) is 19.2. The lowest BCUT2D eigenvalue weighted by molar-refractivity contribution is -0.275. The van der Waals surface area contributed by atoms with Gasteiger partial charge in [-0.1, -0.05) is 30.3 Å². The van der Waals surface area contributed by atoms with Crippen molar-refractivity contribution in [3.05, 3.63) is 59.7 Å². The Bertz CT molecular complexity index is 730. The van der Waals surface area contributed by atoms with Gasteiger partial charge in [0.15, 0.2) is 0 Å². The maximum atomic E-state index is 12.5. The monoisotopic (exact) mass is 367 g/mol. The Balaban J connectivity index is 1.94. The summed E-state index contributed by atoms with van der Waals surface area (Å²) in [7, 11) is 3.13. The van der Waals surface area contributed by atoms with Crippen LogP contribution in [0.15, 0.2) is 48.5 Å². The summed E-state index contributed by atoms with van der Waals surface area (Å²) in [6.45, 7) is 0.0354.